The van der Waals surface area contributed by atoms with Gasteiger partial charge in [-0.3, -0.25) is 19.9 Å². The molecule has 1 aliphatic heterocycles. The van der Waals surface area contributed by atoms with E-state index in [0.717, 1.165) is 23.2 Å². The zero-order valence-corrected chi connectivity index (χ0v) is 12.7. The minimum Gasteiger partial charge on any atom is -0.319 e. The maximum absolute atomic E-state index is 12.3. The number of hydrogen-bond donors (Lipinski definition) is 1. The number of rotatable bonds is 4. The number of aromatic nitrogens is 1. The zero-order valence-electron chi connectivity index (χ0n) is 11.9. The lowest BCUT2D eigenvalue weighted by Crippen LogP contribution is -2.49. The third-order valence-corrected chi connectivity index (χ3v) is 4.73. The van der Waals surface area contributed by atoms with E-state index in [1.54, 1.807) is 0 Å². The number of carbonyl (C=O) groups excluding carboxylic acids is 1. The van der Waals surface area contributed by atoms with Crippen LogP contribution >= 0.6 is 0 Å². The molecule has 0 radical (unpaired) electrons. The zero-order chi connectivity index (χ0) is 16.3. The van der Waals surface area contributed by atoms with Gasteiger partial charge in [-0.05, 0) is 18.9 Å². The third kappa shape index (κ3) is 3.57. The lowest BCUT2D eigenvalue weighted by Gasteiger charge is -2.32. The number of hydrogen-bond acceptors (Lipinski definition) is 6. The van der Waals surface area contributed by atoms with Gasteiger partial charge in [0.25, 0.3) is 0 Å². The molecule has 1 atom stereocenters. The van der Waals surface area contributed by atoms with Gasteiger partial charge in [-0.2, -0.15) is 4.31 Å². The average Bonchev–Trinajstić information content (AvgIpc) is 2.46. The summed E-state index contributed by atoms with van der Waals surface area (Å²) >= 11 is 0. The number of piperidine rings is 1. The molecule has 1 aliphatic rings. The number of anilines is 1. The standard InChI is InChI=1S/C12H16N4O5S/c1-22(20,21)15-7-3-2-4-10(15)12(17)14-9-5-6-13-8-11(9)16(18)19/h5-6,8,10H,2-4,7H2,1H3,(H,13,14,17)/t10-/m0/s1. The molecule has 1 aromatic rings. The van der Waals surface area contributed by atoms with Gasteiger partial charge in [0.2, 0.25) is 15.9 Å². The number of nitrogens with one attached hydrogen (secondary N) is 1. The van der Waals surface area contributed by atoms with E-state index in [1.165, 1.54) is 12.3 Å². The topological polar surface area (TPSA) is 123 Å². The molecule has 0 spiro atoms. The first-order valence-electron chi connectivity index (χ1n) is 6.67. The van der Waals surface area contributed by atoms with Crippen LogP contribution in [0.25, 0.3) is 0 Å². The van der Waals surface area contributed by atoms with Crippen LogP contribution in [0.15, 0.2) is 18.5 Å². The fraction of sp³-hybridized carbons (Fsp3) is 0.500. The number of nitrogens with zero attached hydrogens (tertiary/aromatic N) is 3. The Morgan fingerprint density at radius 3 is 2.86 bits per heavy atom. The predicted octanol–water partition coefficient (Wildman–Crippen LogP) is 0.742. The molecule has 9 nitrogen and oxygen atoms in total. The van der Waals surface area contributed by atoms with Crippen LogP contribution in [0.1, 0.15) is 19.3 Å². The van der Waals surface area contributed by atoms with Crippen LogP contribution in [-0.2, 0) is 14.8 Å². The van der Waals surface area contributed by atoms with Crippen LogP contribution in [0, 0.1) is 10.1 Å². The summed E-state index contributed by atoms with van der Waals surface area (Å²) in [6.45, 7) is 0.273. The van der Waals surface area contributed by atoms with Gasteiger partial charge in [0.15, 0.2) is 0 Å². The van der Waals surface area contributed by atoms with Crippen LogP contribution in [-0.4, -0.2) is 47.4 Å². The van der Waals surface area contributed by atoms with E-state index in [4.69, 9.17) is 0 Å². The van der Waals surface area contributed by atoms with Crippen LogP contribution in [0.5, 0.6) is 0 Å². The van der Waals surface area contributed by atoms with Gasteiger partial charge in [0.05, 0.1) is 11.2 Å². The SMILES string of the molecule is CS(=O)(=O)N1CCCC[C@H]1C(=O)Nc1ccncc1[N+](=O)[O-]. The van der Waals surface area contributed by atoms with Gasteiger partial charge in [-0.1, -0.05) is 6.42 Å². The summed E-state index contributed by atoms with van der Waals surface area (Å²) < 4.78 is 24.7. The molecule has 1 fully saturated rings. The first-order chi connectivity index (χ1) is 10.3. The van der Waals surface area contributed by atoms with Crippen molar-refractivity contribution in [1.29, 1.82) is 0 Å². The summed E-state index contributed by atoms with van der Waals surface area (Å²) in [5.74, 6) is -0.570. The molecule has 120 valence electrons. The van der Waals surface area contributed by atoms with Crippen molar-refractivity contribution in [2.24, 2.45) is 0 Å². The second-order valence-corrected chi connectivity index (χ2v) is 6.96. The van der Waals surface area contributed by atoms with Gasteiger partial charge in [0.1, 0.15) is 17.9 Å². The maximum Gasteiger partial charge on any atom is 0.310 e. The van der Waals surface area contributed by atoms with Crippen molar-refractivity contribution in [3.05, 3.63) is 28.6 Å². The summed E-state index contributed by atoms with van der Waals surface area (Å²) in [6.07, 6.45) is 5.20. The summed E-state index contributed by atoms with van der Waals surface area (Å²) in [5.41, 5.74) is -0.332. The molecule has 2 rings (SSSR count). The van der Waals surface area contributed by atoms with E-state index in [-0.39, 0.29) is 17.9 Å². The lowest BCUT2D eigenvalue weighted by atomic mass is 10.0. The van der Waals surface area contributed by atoms with Gasteiger partial charge >= 0.3 is 5.69 Å². The van der Waals surface area contributed by atoms with E-state index < -0.39 is 26.9 Å². The van der Waals surface area contributed by atoms with E-state index in [2.05, 4.69) is 10.3 Å². The van der Waals surface area contributed by atoms with Gasteiger partial charge in [-0.25, -0.2) is 8.42 Å². The van der Waals surface area contributed by atoms with E-state index in [0.29, 0.717) is 12.8 Å². The van der Waals surface area contributed by atoms with Crippen molar-refractivity contribution >= 4 is 27.3 Å². The Kier molecular flexibility index (Phi) is 4.71. The summed E-state index contributed by atoms with van der Waals surface area (Å²) in [7, 11) is -3.51. The fourth-order valence-corrected chi connectivity index (χ4v) is 3.54. The smallest absolute Gasteiger partial charge is 0.310 e. The van der Waals surface area contributed by atoms with E-state index in [9.17, 15) is 23.3 Å². The quantitative estimate of drug-likeness (QED) is 0.642. The second kappa shape index (κ2) is 6.36. The molecule has 10 heteroatoms. The first-order valence-corrected chi connectivity index (χ1v) is 8.51. The van der Waals surface area contributed by atoms with Crippen molar-refractivity contribution in [2.75, 3.05) is 18.1 Å². The van der Waals surface area contributed by atoms with Gasteiger partial charge < -0.3 is 5.32 Å². The fourth-order valence-electron chi connectivity index (χ4n) is 2.42. The number of sulfonamides is 1. The molecule has 0 bridgehead atoms. The van der Waals surface area contributed by atoms with Crippen molar-refractivity contribution in [3.8, 4) is 0 Å². The lowest BCUT2D eigenvalue weighted by molar-refractivity contribution is -0.384. The molecule has 0 aliphatic carbocycles. The minimum atomic E-state index is -3.51. The molecule has 1 saturated heterocycles. The Labute approximate surface area is 127 Å². The number of nitro groups is 1. The Morgan fingerprint density at radius 2 is 2.23 bits per heavy atom. The highest BCUT2D eigenvalue weighted by Crippen LogP contribution is 2.25. The maximum atomic E-state index is 12.3. The third-order valence-electron chi connectivity index (χ3n) is 3.44. The highest BCUT2D eigenvalue weighted by molar-refractivity contribution is 7.88. The largest absolute Gasteiger partial charge is 0.319 e. The van der Waals surface area contributed by atoms with Crippen molar-refractivity contribution in [2.45, 2.75) is 25.3 Å². The number of amides is 1. The molecule has 2 heterocycles. The molecule has 1 N–H and O–H groups in total. The Balaban J connectivity index is 2.23. The monoisotopic (exact) mass is 328 g/mol. The molecular weight excluding hydrogens is 312 g/mol. The highest BCUT2D eigenvalue weighted by Gasteiger charge is 2.35. The van der Waals surface area contributed by atoms with Crippen LogP contribution < -0.4 is 5.32 Å². The van der Waals surface area contributed by atoms with Crippen LogP contribution in [0.2, 0.25) is 0 Å². The van der Waals surface area contributed by atoms with Gasteiger partial charge in [0, 0.05) is 12.7 Å². The van der Waals surface area contributed by atoms with Gasteiger partial charge in [-0.15, -0.1) is 0 Å². The Morgan fingerprint density at radius 1 is 1.50 bits per heavy atom. The summed E-state index contributed by atoms with van der Waals surface area (Å²) in [6, 6.07) is 0.459. The molecule has 0 unspecified atom stereocenters. The second-order valence-electron chi connectivity index (χ2n) is 5.02. The first kappa shape index (κ1) is 16.3. The minimum absolute atomic E-state index is 0.00373. The highest BCUT2D eigenvalue weighted by atomic mass is 32.2. The van der Waals surface area contributed by atoms with E-state index in [1.807, 2.05) is 0 Å². The molecule has 0 saturated carbocycles. The molecule has 22 heavy (non-hydrogen) atoms. The summed E-state index contributed by atoms with van der Waals surface area (Å²) in [5, 5.41) is 13.3. The molecule has 1 aromatic heterocycles. The van der Waals surface area contributed by atoms with Crippen molar-refractivity contribution < 1.29 is 18.1 Å². The summed E-state index contributed by atoms with van der Waals surface area (Å²) in [4.78, 5) is 26.2. The normalized spacial score (nSPS) is 19.6. The van der Waals surface area contributed by atoms with Crippen LogP contribution in [0.3, 0.4) is 0 Å². The molecular formula is C12H16N4O5S. The van der Waals surface area contributed by atoms with Crippen molar-refractivity contribution in [1.82, 2.24) is 9.29 Å². The Hall–Kier alpha value is -2.07. The predicted molar refractivity (Wildman–Crippen MR) is 78.7 cm³/mol. The average molecular weight is 328 g/mol. The van der Waals surface area contributed by atoms with Crippen molar-refractivity contribution in [3.63, 3.8) is 0 Å². The number of carbonyl (C=O) groups is 1. The molecule has 0 aromatic carbocycles. The Bertz CT molecular complexity index is 691. The van der Waals surface area contributed by atoms with Crippen LogP contribution in [0.4, 0.5) is 11.4 Å². The van der Waals surface area contributed by atoms with E-state index >= 15 is 0 Å². The molecule has 1 amide bonds. The number of pyridine rings is 1.